The van der Waals surface area contributed by atoms with Gasteiger partial charge in [0.15, 0.2) is 0 Å². The number of hydrogen-bond acceptors (Lipinski definition) is 5. The molecule has 0 saturated heterocycles. The van der Waals surface area contributed by atoms with Crippen molar-refractivity contribution in [2.75, 3.05) is 0 Å². The summed E-state index contributed by atoms with van der Waals surface area (Å²) in [5, 5.41) is 11.9. The average Bonchev–Trinajstić information content (AvgIpc) is 2.78. The van der Waals surface area contributed by atoms with E-state index in [0.29, 0.717) is 5.56 Å². The number of carbonyl (C=O) groups excluding carboxylic acids is 1. The van der Waals surface area contributed by atoms with Crippen LogP contribution in [0.25, 0.3) is 0 Å². The minimum Gasteiger partial charge on any atom is -0.338 e. The Bertz CT molecular complexity index is 540. The Morgan fingerprint density at radius 3 is 2.81 bits per heavy atom. The Hall–Kier alpha value is -2.48. The number of ketones is 1. The monoisotopic (exact) mass is 213 g/mol. The lowest BCUT2D eigenvalue weighted by Gasteiger charge is -1.93. The molecule has 0 saturated carbocycles. The van der Waals surface area contributed by atoms with Crippen LogP contribution in [0.3, 0.4) is 0 Å². The molecule has 0 amide bonds. The minimum atomic E-state index is -0.312. The molecule has 16 heavy (non-hydrogen) atoms. The molecule has 0 aliphatic rings. The lowest BCUT2D eigenvalue weighted by Crippen LogP contribution is -2.03. The predicted molar refractivity (Wildman–Crippen MR) is 53.5 cm³/mol. The lowest BCUT2D eigenvalue weighted by molar-refractivity contribution is 0.102. The van der Waals surface area contributed by atoms with Gasteiger partial charge in [0.05, 0.1) is 6.07 Å². The zero-order chi connectivity index (χ0) is 11.4. The molecule has 0 aliphatic carbocycles. The number of carbonyl (C=O) groups is 1. The summed E-state index contributed by atoms with van der Waals surface area (Å²) in [7, 11) is 0. The molecule has 0 N–H and O–H groups in total. The smallest absolute Gasteiger partial charge is 0.243 e. The highest BCUT2D eigenvalue weighted by atomic mass is 16.5. The first-order chi connectivity index (χ1) is 7.81. The van der Waals surface area contributed by atoms with Gasteiger partial charge in [-0.2, -0.15) is 10.2 Å². The van der Waals surface area contributed by atoms with E-state index in [-0.39, 0.29) is 23.9 Å². The fourth-order valence-corrected chi connectivity index (χ4v) is 1.21. The van der Waals surface area contributed by atoms with Gasteiger partial charge in [0, 0.05) is 5.56 Å². The molecule has 0 radical (unpaired) electrons. The van der Waals surface area contributed by atoms with E-state index >= 15 is 0 Å². The van der Waals surface area contributed by atoms with Gasteiger partial charge in [-0.15, -0.1) is 0 Å². The highest BCUT2D eigenvalue weighted by Gasteiger charge is 2.15. The Balaban J connectivity index is 2.25. The van der Waals surface area contributed by atoms with Crippen molar-refractivity contribution in [2.24, 2.45) is 0 Å². The summed E-state index contributed by atoms with van der Waals surface area (Å²) in [4.78, 5) is 15.6. The van der Waals surface area contributed by atoms with Gasteiger partial charge < -0.3 is 4.52 Å². The van der Waals surface area contributed by atoms with Crippen LogP contribution < -0.4 is 0 Å². The molecule has 5 nitrogen and oxygen atoms in total. The number of hydrogen-bond donors (Lipinski definition) is 0. The van der Waals surface area contributed by atoms with E-state index in [1.807, 2.05) is 12.1 Å². The molecule has 0 atom stereocenters. The van der Waals surface area contributed by atoms with Crippen LogP contribution in [0.5, 0.6) is 0 Å². The van der Waals surface area contributed by atoms with Gasteiger partial charge in [-0.05, 0) is 0 Å². The van der Waals surface area contributed by atoms with Crippen LogP contribution in [0.2, 0.25) is 0 Å². The predicted octanol–water partition coefficient (Wildman–Crippen LogP) is 1.37. The van der Waals surface area contributed by atoms with E-state index in [4.69, 9.17) is 9.78 Å². The molecule has 5 heteroatoms. The molecule has 0 spiro atoms. The number of benzene rings is 1. The summed E-state index contributed by atoms with van der Waals surface area (Å²) >= 11 is 0. The average molecular weight is 213 g/mol. The van der Waals surface area contributed by atoms with Gasteiger partial charge in [0.25, 0.3) is 0 Å². The van der Waals surface area contributed by atoms with Crippen LogP contribution in [0.1, 0.15) is 22.1 Å². The number of nitrogens with zero attached hydrogens (tertiary/aromatic N) is 3. The van der Waals surface area contributed by atoms with Crippen molar-refractivity contribution in [3.63, 3.8) is 0 Å². The third-order valence-electron chi connectivity index (χ3n) is 1.94. The van der Waals surface area contributed by atoms with E-state index in [2.05, 4.69) is 10.1 Å². The van der Waals surface area contributed by atoms with Crippen LogP contribution in [-0.4, -0.2) is 15.9 Å². The maximum Gasteiger partial charge on any atom is 0.243 e. The van der Waals surface area contributed by atoms with Crippen molar-refractivity contribution in [3.8, 4) is 6.07 Å². The second-order valence-electron chi connectivity index (χ2n) is 3.04. The fraction of sp³-hybridized carbons (Fsp3) is 0.0909. The molecular formula is C11H7N3O2. The largest absolute Gasteiger partial charge is 0.338 e. The van der Waals surface area contributed by atoms with Gasteiger partial charge in [-0.1, -0.05) is 35.5 Å². The van der Waals surface area contributed by atoms with Crippen molar-refractivity contribution >= 4 is 5.78 Å². The molecule has 0 fully saturated rings. The molecular weight excluding hydrogens is 206 g/mol. The molecule has 1 aromatic carbocycles. The molecule has 1 aromatic heterocycles. The molecule has 1 heterocycles. The molecule has 78 valence electrons. The summed E-state index contributed by atoms with van der Waals surface area (Å²) in [6.45, 7) is 0. The van der Waals surface area contributed by atoms with Crippen LogP contribution in [0.4, 0.5) is 0 Å². The summed E-state index contributed by atoms with van der Waals surface area (Å²) in [5.74, 6) is -0.174. The van der Waals surface area contributed by atoms with Crippen molar-refractivity contribution in [3.05, 3.63) is 47.6 Å². The SMILES string of the molecule is N#CCc1nc(C(=O)c2ccccc2)no1. The van der Waals surface area contributed by atoms with E-state index in [1.54, 1.807) is 24.3 Å². The van der Waals surface area contributed by atoms with Crippen LogP contribution in [-0.2, 0) is 6.42 Å². The number of nitriles is 1. The first-order valence-corrected chi connectivity index (χ1v) is 4.60. The number of rotatable bonds is 3. The first kappa shape index (κ1) is 10.1. The van der Waals surface area contributed by atoms with Gasteiger partial charge in [-0.3, -0.25) is 4.79 Å². The lowest BCUT2D eigenvalue weighted by atomic mass is 10.1. The zero-order valence-electron chi connectivity index (χ0n) is 8.25. The second kappa shape index (κ2) is 4.36. The van der Waals surface area contributed by atoms with Crippen LogP contribution >= 0.6 is 0 Å². The summed E-state index contributed by atoms with van der Waals surface area (Å²) < 4.78 is 4.74. The zero-order valence-corrected chi connectivity index (χ0v) is 8.25. The van der Waals surface area contributed by atoms with E-state index < -0.39 is 0 Å². The van der Waals surface area contributed by atoms with Crippen LogP contribution in [0.15, 0.2) is 34.9 Å². The highest BCUT2D eigenvalue weighted by molar-refractivity contribution is 6.06. The summed E-state index contributed by atoms with van der Waals surface area (Å²) in [5.41, 5.74) is 0.492. The van der Waals surface area contributed by atoms with Crippen molar-refractivity contribution in [2.45, 2.75) is 6.42 Å². The van der Waals surface area contributed by atoms with Gasteiger partial charge in [0.1, 0.15) is 6.42 Å². The standard InChI is InChI=1S/C11H7N3O2/c12-7-6-9-13-11(14-16-9)10(15)8-4-2-1-3-5-8/h1-5H,6H2. The minimum absolute atomic E-state index is 0.00900. The van der Waals surface area contributed by atoms with E-state index in [9.17, 15) is 4.79 Å². The summed E-state index contributed by atoms with van der Waals surface area (Å²) in [6.07, 6.45) is 0.00900. The van der Waals surface area contributed by atoms with Gasteiger partial charge in [0.2, 0.25) is 17.5 Å². The molecule has 2 rings (SSSR count). The Kier molecular flexibility index (Phi) is 2.74. The molecule has 0 bridgehead atoms. The number of aromatic nitrogens is 2. The van der Waals surface area contributed by atoms with Crippen molar-refractivity contribution < 1.29 is 9.32 Å². The quantitative estimate of drug-likeness (QED) is 0.719. The molecule has 2 aromatic rings. The van der Waals surface area contributed by atoms with Crippen molar-refractivity contribution in [1.29, 1.82) is 5.26 Å². The van der Waals surface area contributed by atoms with Crippen LogP contribution in [0, 0.1) is 11.3 Å². The maximum absolute atomic E-state index is 11.8. The Labute approximate surface area is 91.3 Å². The van der Waals surface area contributed by atoms with E-state index in [1.165, 1.54) is 0 Å². The fourth-order valence-electron chi connectivity index (χ4n) is 1.21. The van der Waals surface area contributed by atoms with Gasteiger partial charge in [-0.25, -0.2) is 0 Å². The molecule has 0 unspecified atom stereocenters. The first-order valence-electron chi connectivity index (χ1n) is 4.60. The van der Waals surface area contributed by atoms with Crippen molar-refractivity contribution in [1.82, 2.24) is 10.1 Å². The van der Waals surface area contributed by atoms with E-state index in [0.717, 1.165) is 0 Å². The summed E-state index contributed by atoms with van der Waals surface area (Å²) in [6, 6.07) is 10.5. The normalized spacial score (nSPS) is 9.69. The second-order valence-corrected chi connectivity index (χ2v) is 3.04. The highest BCUT2D eigenvalue weighted by Crippen LogP contribution is 2.06. The topological polar surface area (TPSA) is 79.8 Å². The maximum atomic E-state index is 11.8. The Morgan fingerprint density at radius 2 is 2.12 bits per heavy atom. The van der Waals surface area contributed by atoms with Gasteiger partial charge >= 0.3 is 0 Å². The third-order valence-corrected chi connectivity index (χ3v) is 1.94. The molecule has 0 aliphatic heterocycles. The third kappa shape index (κ3) is 1.96. The Morgan fingerprint density at radius 1 is 1.38 bits per heavy atom.